The first-order chi connectivity index (χ1) is 19.9. The zero-order valence-electron chi connectivity index (χ0n) is 23.9. The minimum Gasteiger partial charge on any atom is -0.482 e. The van der Waals surface area contributed by atoms with E-state index in [1.165, 1.54) is 6.08 Å². The Hall–Kier alpha value is -4.04. The molecule has 1 saturated heterocycles. The van der Waals surface area contributed by atoms with Crippen LogP contribution in [-0.4, -0.2) is 52.0 Å². The van der Waals surface area contributed by atoms with Crippen LogP contribution in [0.1, 0.15) is 60.7 Å². The third-order valence-corrected chi connectivity index (χ3v) is 9.43. The fraction of sp³-hybridized carbons (Fsp3) is 0.412. The molecule has 0 unspecified atom stereocenters. The van der Waals surface area contributed by atoms with Crippen molar-refractivity contribution in [3.8, 4) is 0 Å². The van der Waals surface area contributed by atoms with Gasteiger partial charge in [0.2, 0.25) is 5.78 Å². The van der Waals surface area contributed by atoms with Gasteiger partial charge in [-0.15, -0.1) is 0 Å². The molecule has 7 atom stereocenters. The van der Waals surface area contributed by atoms with Crippen molar-refractivity contribution >= 4 is 23.5 Å². The number of esters is 2. The average Bonchev–Trinajstić information content (AvgIpc) is 3.50. The van der Waals surface area contributed by atoms with E-state index in [9.17, 15) is 24.3 Å². The van der Waals surface area contributed by atoms with Gasteiger partial charge in [0.1, 0.15) is 23.6 Å². The van der Waals surface area contributed by atoms with Crippen molar-refractivity contribution < 1.29 is 38.5 Å². The van der Waals surface area contributed by atoms with E-state index in [0.717, 1.165) is 0 Å². The highest BCUT2D eigenvalue weighted by Gasteiger charge is 2.69. The van der Waals surface area contributed by atoms with Crippen molar-refractivity contribution in [2.45, 2.75) is 63.4 Å². The predicted molar refractivity (Wildman–Crippen MR) is 151 cm³/mol. The lowest BCUT2D eigenvalue weighted by Crippen LogP contribution is -2.52. The lowest BCUT2D eigenvalue weighted by Gasteiger charge is -2.38. The molecular formula is C34H34O8. The first-order valence-electron chi connectivity index (χ1n) is 14.3. The molecule has 218 valence electrons. The second-order valence-electron chi connectivity index (χ2n) is 12.8. The average molecular weight is 571 g/mol. The van der Waals surface area contributed by atoms with Gasteiger partial charge in [-0.2, -0.15) is 0 Å². The summed E-state index contributed by atoms with van der Waals surface area (Å²) in [6.07, 6.45) is -0.506. The van der Waals surface area contributed by atoms with Crippen LogP contribution in [0.25, 0.3) is 0 Å². The second kappa shape index (κ2) is 9.76. The van der Waals surface area contributed by atoms with Crippen molar-refractivity contribution in [3.05, 3.63) is 95.8 Å². The van der Waals surface area contributed by atoms with Crippen LogP contribution in [0.2, 0.25) is 0 Å². The molecule has 8 heteroatoms. The molecule has 0 radical (unpaired) electrons. The highest BCUT2D eigenvalue weighted by Crippen LogP contribution is 2.59. The molecule has 8 nitrogen and oxygen atoms in total. The summed E-state index contributed by atoms with van der Waals surface area (Å²) < 4.78 is 18.8. The van der Waals surface area contributed by atoms with Crippen LogP contribution in [-0.2, 0) is 23.8 Å². The first-order valence-corrected chi connectivity index (χ1v) is 14.3. The van der Waals surface area contributed by atoms with Crippen molar-refractivity contribution in [1.82, 2.24) is 0 Å². The van der Waals surface area contributed by atoms with Gasteiger partial charge in [0.15, 0.2) is 11.4 Å². The summed E-state index contributed by atoms with van der Waals surface area (Å²) in [5.74, 6) is -3.92. The summed E-state index contributed by atoms with van der Waals surface area (Å²) in [6, 6.07) is 16.9. The number of ether oxygens (including phenoxy) is 3. The van der Waals surface area contributed by atoms with Crippen LogP contribution in [0.15, 0.2) is 84.7 Å². The van der Waals surface area contributed by atoms with E-state index in [-0.39, 0.29) is 53.6 Å². The zero-order chi connectivity index (χ0) is 30.0. The van der Waals surface area contributed by atoms with Gasteiger partial charge in [-0.1, -0.05) is 63.7 Å². The monoisotopic (exact) mass is 570 g/mol. The Labute approximate surface area is 244 Å². The number of Topliss-reactive ketones (excluding diaryl/α,β-unsaturated/α-hetero) is 1. The Bertz CT molecular complexity index is 1510. The van der Waals surface area contributed by atoms with Crippen molar-refractivity contribution in [1.29, 1.82) is 0 Å². The minimum absolute atomic E-state index is 0.179. The SMILES string of the molecule is C=C1C[C@]2(O)C(=O)C(C)(C)C[C@H]2C2=CC(=O)[C@]3(C[C@H](C)[C@H](OC(=O)c4ccccc4)[C@@H]3[C@H]1OC(=O)c1ccccc1)O2. The van der Waals surface area contributed by atoms with E-state index >= 15 is 0 Å². The Balaban J connectivity index is 1.47. The summed E-state index contributed by atoms with van der Waals surface area (Å²) in [7, 11) is 0. The quantitative estimate of drug-likeness (QED) is 0.418. The summed E-state index contributed by atoms with van der Waals surface area (Å²) in [6.45, 7) is 9.60. The van der Waals surface area contributed by atoms with Gasteiger partial charge in [0.25, 0.3) is 0 Å². The smallest absolute Gasteiger partial charge is 0.338 e. The van der Waals surface area contributed by atoms with E-state index in [4.69, 9.17) is 14.2 Å². The lowest BCUT2D eigenvalue weighted by atomic mass is 9.75. The van der Waals surface area contributed by atoms with Crippen molar-refractivity contribution in [3.63, 3.8) is 0 Å². The summed E-state index contributed by atoms with van der Waals surface area (Å²) in [4.78, 5) is 54.4. The molecule has 1 N–H and O–H groups in total. The topological polar surface area (TPSA) is 116 Å². The number of hydrogen-bond acceptors (Lipinski definition) is 8. The van der Waals surface area contributed by atoms with Crippen molar-refractivity contribution in [2.24, 2.45) is 23.2 Å². The predicted octanol–water partition coefficient (Wildman–Crippen LogP) is 4.62. The maximum Gasteiger partial charge on any atom is 0.338 e. The number of carbonyl (C=O) groups is 4. The van der Waals surface area contributed by atoms with Crippen LogP contribution >= 0.6 is 0 Å². The van der Waals surface area contributed by atoms with Crippen LogP contribution < -0.4 is 0 Å². The molecule has 2 bridgehead atoms. The Morgan fingerprint density at radius 1 is 0.929 bits per heavy atom. The zero-order valence-corrected chi connectivity index (χ0v) is 23.9. The maximum atomic E-state index is 14.0. The molecule has 2 saturated carbocycles. The molecule has 3 fully saturated rings. The van der Waals surface area contributed by atoms with Crippen molar-refractivity contribution in [2.75, 3.05) is 0 Å². The molecule has 2 heterocycles. The number of rotatable bonds is 4. The van der Waals surface area contributed by atoms with Gasteiger partial charge >= 0.3 is 11.9 Å². The molecule has 0 aromatic heterocycles. The molecule has 1 spiro atoms. The number of benzene rings is 2. The fourth-order valence-electron chi connectivity index (χ4n) is 7.48. The maximum absolute atomic E-state index is 14.0. The number of hydrogen-bond donors (Lipinski definition) is 1. The van der Waals surface area contributed by atoms with E-state index in [1.807, 2.05) is 6.92 Å². The van der Waals surface area contributed by atoms with Crippen LogP contribution in [0, 0.1) is 23.2 Å². The summed E-state index contributed by atoms with van der Waals surface area (Å²) >= 11 is 0. The molecule has 2 aliphatic heterocycles. The fourth-order valence-corrected chi connectivity index (χ4v) is 7.48. The lowest BCUT2D eigenvalue weighted by molar-refractivity contribution is -0.144. The summed E-state index contributed by atoms with van der Waals surface area (Å²) in [5, 5.41) is 12.0. The van der Waals surface area contributed by atoms with E-state index < -0.39 is 52.6 Å². The van der Waals surface area contributed by atoms with Crippen LogP contribution in [0.4, 0.5) is 0 Å². The molecule has 4 aliphatic rings. The van der Waals surface area contributed by atoms with Crippen LogP contribution in [0.5, 0.6) is 0 Å². The minimum atomic E-state index is -1.92. The first kappa shape index (κ1) is 28.1. The highest BCUT2D eigenvalue weighted by molar-refractivity contribution is 6.02. The van der Waals surface area contributed by atoms with Gasteiger partial charge in [0, 0.05) is 24.3 Å². The van der Waals surface area contributed by atoms with Gasteiger partial charge in [-0.05, 0) is 42.2 Å². The number of carbonyl (C=O) groups excluding carboxylic acids is 4. The standard InChI is InChI=1S/C34H34O8/c1-19-16-33(39)23(18-32(3,4)31(33)38)24-15-25(35)34(42-24)17-20(2)28(41-30(37)22-13-9-6-10-14-22)26(34)27(19)40-29(36)21-11-7-5-8-12-21/h5-15,20,23,26-28,39H,1,16-18H2,2-4H3/t20-,23-,26-,27-,28-,33+,34-/m0/s1. The number of ketones is 2. The summed E-state index contributed by atoms with van der Waals surface area (Å²) in [5.41, 5.74) is -3.48. The molecule has 2 aliphatic carbocycles. The Morgan fingerprint density at radius 3 is 2.10 bits per heavy atom. The normalized spacial score (nSPS) is 34.7. The number of fused-ring (bicyclic) bond motifs is 3. The van der Waals surface area contributed by atoms with E-state index in [2.05, 4.69) is 6.58 Å². The highest BCUT2D eigenvalue weighted by atomic mass is 16.6. The van der Waals surface area contributed by atoms with Crippen LogP contribution in [0.3, 0.4) is 0 Å². The van der Waals surface area contributed by atoms with Gasteiger partial charge in [0.05, 0.1) is 23.0 Å². The Kier molecular flexibility index (Phi) is 6.53. The molecule has 42 heavy (non-hydrogen) atoms. The molecule has 2 aromatic carbocycles. The molecule has 2 aromatic rings. The number of aliphatic hydroxyl groups is 1. The second-order valence-corrected chi connectivity index (χ2v) is 12.8. The van der Waals surface area contributed by atoms with Gasteiger partial charge in [-0.3, -0.25) is 9.59 Å². The largest absolute Gasteiger partial charge is 0.482 e. The van der Waals surface area contributed by atoms with Gasteiger partial charge in [-0.25, -0.2) is 9.59 Å². The molecule has 6 rings (SSSR count). The molecular weight excluding hydrogens is 536 g/mol. The van der Waals surface area contributed by atoms with E-state index in [0.29, 0.717) is 5.56 Å². The third kappa shape index (κ3) is 4.23. The Morgan fingerprint density at radius 2 is 1.50 bits per heavy atom. The third-order valence-electron chi connectivity index (χ3n) is 9.43. The van der Waals surface area contributed by atoms with Gasteiger partial charge < -0.3 is 19.3 Å². The van der Waals surface area contributed by atoms with E-state index in [1.54, 1.807) is 74.5 Å². The molecule has 0 amide bonds.